The van der Waals surface area contributed by atoms with Crippen molar-refractivity contribution >= 4 is 35.8 Å². The van der Waals surface area contributed by atoms with Crippen LogP contribution in [0.3, 0.4) is 0 Å². The van der Waals surface area contributed by atoms with Crippen LogP contribution in [0.2, 0.25) is 0 Å². The smallest absolute Gasteiger partial charge is 0.227 e. The molecule has 0 saturated carbocycles. The van der Waals surface area contributed by atoms with Gasteiger partial charge in [0.15, 0.2) is 0 Å². The van der Waals surface area contributed by atoms with E-state index in [4.69, 9.17) is 0 Å². The van der Waals surface area contributed by atoms with Gasteiger partial charge in [-0.1, -0.05) is 6.92 Å². The van der Waals surface area contributed by atoms with Crippen molar-refractivity contribution in [1.29, 1.82) is 0 Å². The number of carbonyl (C=O) groups is 2. The third-order valence-electron chi connectivity index (χ3n) is 3.25. The molecule has 2 amide bonds. The monoisotopic (exact) mass is 278 g/mol. The van der Waals surface area contributed by atoms with Crippen LogP contribution < -0.4 is 10.2 Å². The third-order valence-corrected chi connectivity index (χ3v) is 3.76. The summed E-state index contributed by atoms with van der Waals surface area (Å²) in [4.78, 5) is 24.9. The Bertz CT molecular complexity index is 473. The average Bonchev–Trinajstić information content (AvgIpc) is 2.81. The van der Waals surface area contributed by atoms with Crippen molar-refractivity contribution in [2.45, 2.75) is 19.8 Å². The SMILES string of the molecule is CCC(=O)Nc1ccc(N2CC(CS)CC2=O)cc1. The molecule has 4 nitrogen and oxygen atoms in total. The van der Waals surface area contributed by atoms with Crippen molar-refractivity contribution in [3.05, 3.63) is 24.3 Å². The predicted octanol–water partition coefficient (Wildman–Crippen LogP) is 2.32. The molecule has 1 heterocycles. The van der Waals surface area contributed by atoms with Crippen molar-refractivity contribution in [2.24, 2.45) is 5.92 Å². The lowest BCUT2D eigenvalue weighted by molar-refractivity contribution is -0.117. The average molecular weight is 278 g/mol. The lowest BCUT2D eigenvalue weighted by Crippen LogP contribution is -2.24. The first-order chi connectivity index (χ1) is 9.13. The topological polar surface area (TPSA) is 49.4 Å². The largest absolute Gasteiger partial charge is 0.326 e. The summed E-state index contributed by atoms with van der Waals surface area (Å²) in [6.07, 6.45) is 1.02. The number of nitrogens with zero attached hydrogens (tertiary/aromatic N) is 1. The zero-order valence-electron chi connectivity index (χ0n) is 10.9. The quantitative estimate of drug-likeness (QED) is 0.830. The Morgan fingerprint density at radius 3 is 2.63 bits per heavy atom. The molecular weight excluding hydrogens is 260 g/mol. The van der Waals surface area contributed by atoms with Crippen LogP contribution >= 0.6 is 12.6 Å². The zero-order valence-corrected chi connectivity index (χ0v) is 11.8. The number of carbonyl (C=O) groups excluding carboxylic acids is 2. The van der Waals surface area contributed by atoms with Gasteiger partial charge in [0, 0.05) is 30.8 Å². The number of benzene rings is 1. The summed E-state index contributed by atoms with van der Waals surface area (Å²) in [7, 11) is 0. The highest BCUT2D eigenvalue weighted by Crippen LogP contribution is 2.26. The maximum Gasteiger partial charge on any atom is 0.227 e. The summed E-state index contributed by atoms with van der Waals surface area (Å²) in [5.41, 5.74) is 1.64. The number of hydrogen-bond acceptors (Lipinski definition) is 3. The van der Waals surface area contributed by atoms with Gasteiger partial charge in [-0.25, -0.2) is 0 Å². The summed E-state index contributed by atoms with van der Waals surface area (Å²) >= 11 is 4.25. The van der Waals surface area contributed by atoms with Crippen LogP contribution in [-0.2, 0) is 9.59 Å². The highest BCUT2D eigenvalue weighted by atomic mass is 32.1. The van der Waals surface area contributed by atoms with Crippen LogP contribution in [-0.4, -0.2) is 24.1 Å². The summed E-state index contributed by atoms with van der Waals surface area (Å²) in [6, 6.07) is 7.38. The Morgan fingerprint density at radius 2 is 2.11 bits per heavy atom. The van der Waals surface area contributed by atoms with E-state index in [9.17, 15) is 9.59 Å². The zero-order chi connectivity index (χ0) is 13.8. The maximum atomic E-state index is 11.9. The van der Waals surface area contributed by atoms with Gasteiger partial charge in [-0.15, -0.1) is 0 Å². The Balaban J connectivity index is 2.06. The van der Waals surface area contributed by atoms with Crippen molar-refractivity contribution in [3.63, 3.8) is 0 Å². The van der Waals surface area contributed by atoms with Gasteiger partial charge in [-0.2, -0.15) is 12.6 Å². The molecule has 1 aromatic carbocycles. The van der Waals surface area contributed by atoms with E-state index < -0.39 is 0 Å². The molecule has 1 aliphatic rings. The molecule has 1 fully saturated rings. The number of anilines is 2. The van der Waals surface area contributed by atoms with Crippen LogP contribution in [0.5, 0.6) is 0 Å². The first-order valence-corrected chi connectivity index (χ1v) is 7.08. The number of rotatable bonds is 4. The van der Waals surface area contributed by atoms with Crippen LogP contribution in [0.4, 0.5) is 11.4 Å². The molecule has 1 aliphatic heterocycles. The predicted molar refractivity (Wildman–Crippen MR) is 79.7 cm³/mol. The number of thiol groups is 1. The van der Waals surface area contributed by atoms with Crippen molar-refractivity contribution in [2.75, 3.05) is 22.5 Å². The molecular formula is C14H18N2O2S. The molecule has 1 N–H and O–H groups in total. The normalized spacial score (nSPS) is 18.7. The lowest BCUT2D eigenvalue weighted by Gasteiger charge is -2.17. The molecule has 5 heteroatoms. The molecule has 0 spiro atoms. The second kappa shape index (κ2) is 6.10. The van der Waals surface area contributed by atoms with E-state index in [2.05, 4.69) is 17.9 Å². The summed E-state index contributed by atoms with van der Waals surface area (Å²) in [6.45, 7) is 2.53. The summed E-state index contributed by atoms with van der Waals surface area (Å²) in [5.74, 6) is 1.19. The highest BCUT2D eigenvalue weighted by molar-refractivity contribution is 7.80. The minimum absolute atomic E-state index is 0.0138. The molecule has 0 aliphatic carbocycles. The summed E-state index contributed by atoms with van der Waals surface area (Å²) < 4.78 is 0. The molecule has 1 atom stereocenters. The Labute approximate surface area is 118 Å². The van der Waals surface area contributed by atoms with Crippen LogP contribution in [0.15, 0.2) is 24.3 Å². The summed E-state index contributed by atoms with van der Waals surface area (Å²) in [5, 5.41) is 2.79. The molecule has 102 valence electrons. The van der Waals surface area contributed by atoms with Gasteiger partial charge in [0.1, 0.15) is 0 Å². The van der Waals surface area contributed by atoms with Gasteiger partial charge in [-0.3, -0.25) is 9.59 Å². The Hall–Kier alpha value is -1.49. The van der Waals surface area contributed by atoms with Gasteiger partial charge in [0.25, 0.3) is 0 Å². The fourth-order valence-electron chi connectivity index (χ4n) is 2.13. The highest BCUT2D eigenvalue weighted by Gasteiger charge is 2.29. The molecule has 0 aromatic heterocycles. The van der Waals surface area contributed by atoms with Gasteiger partial charge >= 0.3 is 0 Å². The van der Waals surface area contributed by atoms with Crippen molar-refractivity contribution in [3.8, 4) is 0 Å². The van der Waals surface area contributed by atoms with E-state index in [0.717, 1.165) is 23.7 Å². The fraction of sp³-hybridized carbons (Fsp3) is 0.429. The van der Waals surface area contributed by atoms with Gasteiger partial charge in [-0.05, 0) is 35.9 Å². The fourth-order valence-corrected chi connectivity index (χ4v) is 2.37. The minimum atomic E-state index is -0.0138. The number of amides is 2. The molecule has 2 rings (SSSR count). The van der Waals surface area contributed by atoms with Gasteiger partial charge < -0.3 is 10.2 Å². The van der Waals surface area contributed by atoms with E-state index in [-0.39, 0.29) is 11.8 Å². The Kier molecular flexibility index (Phi) is 4.47. The Morgan fingerprint density at radius 1 is 1.42 bits per heavy atom. The first-order valence-electron chi connectivity index (χ1n) is 6.45. The third kappa shape index (κ3) is 3.29. The number of nitrogens with one attached hydrogen (secondary N) is 1. The molecule has 1 saturated heterocycles. The molecule has 0 radical (unpaired) electrons. The second-order valence-electron chi connectivity index (χ2n) is 4.71. The van der Waals surface area contributed by atoms with Crippen LogP contribution in [0.25, 0.3) is 0 Å². The molecule has 1 unspecified atom stereocenters. The van der Waals surface area contributed by atoms with E-state index in [0.29, 0.717) is 18.8 Å². The van der Waals surface area contributed by atoms with E-state index in [1.54, 1.807) is 4.90 Å². The van der Waals surface area contributed by atoms with Crippen LogP contribution in [0.1, 0.15) is 19.8 Å². The van der Waals surface area contributed by atoms with E-state index in [1.807, 2.05) is 31.2 Å². The molecule has 1 aromatic rings. The van der Waals surface area contributed by atoms with E-state index in [1.165, 1.54) is 0 Å². The number of hydrogen-bond donors (Lipinski definition) is 2. The maximum absolute atomic E-state index is 11.9. The van der Waals surface area contributed by atoms with Gasteiger partial charge in [0.05, 0.1) is 0 Å². The standard InChI is InChI=1S/C14H18N2O2S/c1-2-13(17)15-11-3-5-12(6-4-11)16-8-10(9-19)7-14(16)18/h3-6,10,19H,2,7-9H2,1H3,(H,15,17). The lowest BCUT2D eigenvalue weighted by atomic mass is 10.1. The second-order valence-corrected chi connectivity index (χ2v) is 5.07. The van der Waals surface area contributed by atoms with Crippen molar-refractivity contribution < 1.29 is 9.59 Å². The van der Waals surface area contributed by atoms with Crippen molar-refractivity contribution in [1.82, 2.24) is 0 Å². The minimum Gasteiger partial charge on any atom is -0.326 e. The molecule has 0 bridgehead atoms. The first kappa shape index (κ1) is 13.9. The van der Waals surface area contributed by atoms with E-state index >= 15 is 0 Å². The van der Waals surface area contributed by atoms with Gasteiger partial charge in [0.2, 0.25) is 11.8 Å². The van der Waals surface area contributed by atoms with Crippen LogP contribution in [0, 0.1) is 5.92 Å². The molecule has 19 heavy (non-hydrogen) atoms.